The van der Waals surface area contributed by atoms with Gasteiger partial charge in [0.05, 0.1) is 6.04 Å². The molecule has 2 N–H and O–H groups in total. The highest BCUT2D eigenvalue weighted by molar-refractivity contribution is 5.81. The molecule has 84 valence electrons. The zero-order valence-electron chi connectivity index (χ0n) is 10.3. The van der Waals surface area contributed by atoms with Gasteiger partial charge in [0, 0.05) is 6.54 Å². The maximum Gasteiger partial charge on any atom is 0.236 e. The van der Waals surface area contributed by atoms with Gasteiger partial charge in [-0.3, -0.25) is 4.79 Å². The first kappa shape index (κ1) is 13.4. The number of likely N-dealkylation sites (N-methyl/N-ethyl adjacent to an activating group) is 1. The van der Waals surface area contributed by atoms with Crippen LogP contribution in [0.5, 0.6) is 0 Å². The van der Waals surface area contributed by atoms with Crippen molar-refractivity contribution in [1.82, 2.24) is 10.6 Å². The second-order valence-corrected chi connectivity index (χ2v) is 5.02. The lowest BCUT2D eigenvalue weighted by Gasteiger charge is -2.27. The summed E-state index contributed by atoms with van der Waals surface area (Å²) in [6, 6.07) is -0.109. The van der Waals surface area contributed by atoms with Gasteiger partial charge in [-0.25, -0.2) is 0 Å². The van der Waals surface area contributed by atoms with Crippen molar-refractivity contribution in [1.29, 1.82) is 0 Å². The number of rotatable bonds is 4. The largest absolute Gasteiger partial charge is 0.354 e. The molecule has 0 saturated carbocycles. The van der Waals surface area contributed by atoms with Crippen molar-refractivity contribution < 1.29 is 4.79 Å². The predicted octanol–water partition coefficient (Wildman–Crippen LogP) is 1.39. The van der Waals surface area contributed by atoms with E-state index >= 15 is 0 Å². The molecule has 3 heteroatoms. The number of carbonyl (C=O) groups is 1. The molecule has 0 aliphatic carbocycles. The van der Waals surface area contributed by atoms with Crippen molar-refractivity contribution in [3.05, 3.63) is 0 Å². The van der Waals surface area contributed by atoms with Crippen molar-refractivity contribution in [2.75, 3.05) is 13.6 Å². The molecule has 0 fully saturated rings. The fourth-order valence-electron chi connectivity index (χ4n) is 0.844. The summed E-state index contributed by atoms with van der Waals surface area (Å²) in [4.78, 5) is 11.4. The van der Waals surface area contributed by atoms with E-state index in [1.54, 1.807) is 7.05 Å². The first-order valence-corrected chi connectivity index (χ1v) is 5.24. The van der Waals surface area contributed by atoms with Crippen molar-refractivity contribution >= 4 is 5.91 Å². The lowest BCUT2D eigenvalue weighted by Crippen LogP contribution is -2.43. The molecule has 1 amide bonds. The zero-order chi connectivity index (χ0) is 11.4. The van der Waals surface area contributed by atoms with Crippen LogP contribution in [-0.4, -0.2) is 25.5 Å². The summed E-state index contributed by atoms with van der Waals surface area (Å²) in [5, 5.41) is 5.85. The lowest BCUT2D eigenvalue weighted by molar-refractivity contribution is -0.122. The Balaban J connectivity index is 3.89. The Morgan fingerprint density at radius 1 is 1.29 bits per heavy atom. The third-order valence-corrected chi connectivity index (χ3v) is 2.89. The molecule has 0 aliphatic rings. The summed E-state index contributed by atoms with van der Waals surface area (Å²) in [5.74, 6) is 0.555. The summed E-state index contributed by atoms with van der Waals surface area (Å²) in [5.41, 5.74) is 0.246. The van der Waals surface area contributed by atoms with Crippen LogP contribution in [0.15, 0.2) is 0 Å². The maximum absolute atomic E-state index is 11.4. The van der Waals surface area contributed by atoms with Crippen LogP contribution in [0.2, 0.25) is 0 Å². The molecule has 0 spiro atoms. The Morgan fingerprint density at radius 3 is 2.14 bits per heavy atom. The third kappa shape index (κ3) is 4.61. The van der Waals surface area contributed by atoms with Crippen LogP contribution in [0.25, 0.3) is 0 Å². The quantitative estimate of drug-likeness (QED) is 0.720. The van der Waals surface area contributed by atoms with Gasteiger partial charge < -0.3 is 10.6 Å². The van der Waals surface area contributed by atoms with E-state index in [0.29, 0.717) is 5.92 Å². The van der Waals surface area contributed by atoms with Gasteiger partial charge in [-0.15, -0.1) is 0 Å². The minimum atomic E-state index is -0.109. The van der Waals surface area contributed by atoms with Gasteiger partial charge in [-0.05, 0) is 25.3 Å². The van der Waals surface area contributed by atoms with Gasteiger partial charge in [0.15, 0.2) is 0 Å². The van der Waals surface area contributed by atoms with Crippen molar-refractivity contribution in [2.45, 2.75) is 40.7 Å². The first-order chi connectivity index (χ1) is 6.29. The molecule has 0 aromatic heterocycles. The summed E-state index contributed by atoms with van der Waals surface area (Å²) < 4.78 is 0. The molecular formula is C11H24N2O. The monoisotopic (exact) mass is 200 g/mol. The minimum absolute atomic E-state index is 0.0728. The molecule has 3 nitrogen and oxygen atoms in total. The molecule has 0 bridgehead atoms. The summed E-state index contributed by atoms with van der Waals surface area (Å²) in [7, 11) is 1.79. The fraction of sp³-hybridized carbons (Fsp3) is 0.909. The second-order valence-electron chi connectivity index (χ2n) is 5.02. The van der Waals surface area contributed by atoms with E-state index in [0.717, 1.165) is 6.54 Å². The predicted molar refractivity (Wildman–Crippen MR) is 60.2 cm³/mol. The van der Waals surface area contributed by atoms with E-state index < -0.39 is 0 Å². The number of nitrogens with one attached hydrogen (secondary N) is 2. The van der Waals surface area contributed by atoms with Crippen molar-refractivity contribution in [3.63, 3.8) is 0 Å². The molecule has 0 saturated heterocycles. The van der Waals surface area contributed by atoms with Gasteiger partial charge in [0.25, 0.3) is 0 Å². The Labute approximate surface area is 87.6 Å². The fourth-order valence-corrected chi connectivity index (χ4v) is 0.844. The van der Waals surface area contributed by atoms with E-state index in [1.807, 2.05) is 6.92 Å². The molecule has 0 heterocycles. The molecule has 0 aliphatic heterocycles. The van der Waals surface area contributed by atoms with E-state index in [2.05, 4.69) is 38.3 Å². The minimum Gasteiger partial charge on any atom is -0.354 e. The highest BCUT2D eigenvalue weighted by Crippen LogP contribution is 2.24. The molecule has 0 rings (SSSR count). The molecule has 0 radical (unpaired) electrons. The van der Waals surface area contributed by atoms with Gasteiger partial charge in [0.2, 0.25) is 5.91 Å². The molecule has 0 aromatic rings. The third-order valence-electron chi connectivity index (χ3n) is 2.89. The smallest absolute Gasteiger partial charge is 0.236 e. The lowest BCUT2D eigenvalue weighted by atomic mass is 9.82. The Hall–Kier alpha value is -0.570. The van der Waals surface area contributed by atoms with E-state index in [-0.39, 0.29) is 17.4 Å². The van der Waals surface area contributed by atoms with Crippen LogP contribution in [0, 0.1) is 11.3 Å². The normalized spacial score (nSPS) is 16.1. The zero-order valence-corrected chi connectivity index (χ0v) is 10.3. The molecule has 0 aromatic carbocycles. The Morgan fingerprint density at radius 2 is 1.79 bits per heavy atom. The van der Waals surface area contributed by atoms with E-state index in [1.165, 1.54) is 0 Å². The van der Waals surface area contributed by atoms with Crippen LogP contribution in [0.4, 0.5) is 0 Å². The topological polar surface area (TPSA) is 41.1 Å². The number of hydrogen-bond donors (Lipinski definition) is 2. The van der Waals surface area contributed by atoms with Crippen LogP contribution in [0.1, 0.15) is 34.6 Å². The van der Waals surface area contributed by atoms with Crippen molar-refractivity contribution in [3.8, 4) is 0 Å². The Bertz CT molecular complexity index is 184. The summed E-state index contributed by atoms with van der Waals surface area (Å²) >= 11 is 0. The maximum atomic E-state index is 11.4. The SMILES string of the molecule is CNC(C)C(=O)NCC(C)C(C)(C)C. The van der Waals surface area contributed by atoms with Gasteiger partial charge >= 0.3 is 0 Å². The van der Waals surface area contributed by atoms with Crippen LogP contribution < -0.4 is 10.6 Å². The number of carbonyl (C=O) groups excluding carboxylic acids is 1. The molecule has 2 atom stereocenters. The van der Waals surface area contributed by atoms with Gasteiger partial charge in [-0.1, -0.05) is 27.7 Å². The molecular weight excluding hydrogens is 176 g/mol. The van der Waals surface area contributed by atoms with Gasteiger partial charge in [0.1, 0.15) is 0 Å². The molecule has 2 unspecified atom stereocenters. The number of hydrogen-bond acceptors (Lipinski definition) is 2. The average molecular weight is 200 g/mol. The standard InChI is InChI=1S/C11H24N2O/c1-8(11(3,4)5)7-13-10(14)9(2)12-6/h8-9,12H,7H2,1-6H3,(H,13,14). The van der Waals surface area contributed by atoms with Crippen molar-refractivity contribution in [2.24, 2.45) is 11.3 Å². The first-order valence-electron chi connectivity index (χ1n) is 5.24. The van der Waals surface area contributed by atoms with Crippen LogP contribution in [0.3, 0.4) is 0 Å². The summed E-state index contributed by atoms with van der Waals surface area (Å²) in [6.45, 7) is 11.3. The highest BCUT2D eigenvalue weighted by Gasteiger charge is 2.21. The van der Waals surface area contributed by atoms with E-state index in [9.17, 15) is 4.79 Å². The average Bonchev–Trinajstić information content (AvgIpc) is 2.10. The highest BCUT2D eigenvalue weighted by atomic mass is 16.2. The van der Waals surface area contributed by atoms with Crippen LogP contribution in [-0.2, 0) is 4.79 Å². The number of amides is 1. The van der Waals surface area contributed by atoms with Gasteiger partial charge in [-0.2, -0.15) is 0 Å². The summed E-state index contributed by atoms with van der Waals surface area (Å²) in [6.07, 6.45) is 0. The Kier molecular flexibility index (Phi) is 5.13. The molecule has 14 heavy (non-hydrogen) atoms. The second kappa shape index (κ2) is 5.35. The van der Waals surface area contributed by atoms with E-state index in [4.69, 9.17) is 0 Å². The van der Waals surface area contributed by atoms with Crippen LogP contribution >= 0.6 is 0 Å².